The Morgan fingerprint density at radius 3 is 3.00 bits per heavy atom. The summed E-state index contributed by atoms with van der Waals surface area (Å²) in [6.07, 6.45) is 5.55. The molecule has 1 N–H and O–H groups in total. The number of hydrogen-bond acceptors (Lipinski definition) is 5. The molecule has 0 aliphatic rings. The zero-order valence-electron chi connectivity index (χ0n) is 7.42. The van der Waals surface area contributed by atoms with E-state index in [9.17, 15) is 0 Å². The van der Waals surface area contributed by atoms with Crippen molar-refractivity contribution in [2.24, 2.45) is 0 Å². The normalized spacial score (nSPS) is 10.4. The molecule has 0 atom stereocenters. The fraction of sp³-hybridized carbons (Fsp3) is 0.222. The van der Waals surface area contributed by atoms with Gasteiger partial charge in [0.05, 0.1) is 11.9 Å². The van der Waals surface area contributed by atoms with Crippen LogP contribution in [0.15, 0.2) is 24.0 Å². The zero-order chi connectivity index (χ0) is 9.80. The minimum absolute atomic E-state index is 0.129. The number of aromatic nitrogens is 3. The van der Waals surface area contributed by atoms with Crippen LogP contribution in [0.2, 0.25) is 0 Å². The summed E-state index contributed by atoms with van der Waals surface area (Å²) in [5.41, 5.74) is 1.68. The predicted molar refractivity (Wildman–Crippen MR) is 53.9 cm³/mol. The molecular weight excluding hydrogens is 198 g/mol. The Morgan fingerprint density at radius 1 is 1.36 bits per heavy atom. The van der Waals surface area contributed by atoms with Crippen LogP contribution in [0.3, 0.4) is 0 Å². The Kier molecular flexibility index (Phi) is 2.81. The number of thiazole rings is 1. The minimum atomic E-state index is 0.129. The third kappa shape index (κ3) is 1.94. The molecule has 0 unspecified atom stereocenters. The van der Waals surface area contributed by atoms with Crippen LogP contribution in [0.5, 0.6) is 0 Å². The van der Waals surface area contributed by atoms with E-state index in [1.165, 1.54) is 11.3 Å². The smallest absolute Gasteiger partial charge is 0.143 e. The lowest BCUT2D eigenvalue weighted by atomic mass is 10.3. The van der Waals surface area contributed by atoms with E-state index < -0.39 is 0 Å². The SMILES string of the molecule is OCCc1csc(-c2cnccn2)n1. The highest BCUT2D eigenvalue weighted by atomic mass is 32.1. The number of hydrogen-bond donors (Lipinski definition) is 1. The average Bonchev–Trinajstić information content (AvgIpc) is 2.68. The monoisotopic (exact) mass is 207 g/mol. The van der Waals surface area contributed by atoms with E-state index in [1.54, 1.807) is 18.6 Å². The van der Waals surface area contributed by atoms with E-state index in [1.807, 2.05) is 5.38 Å². The van der Waals surface area contributed by atoms with E-state index in [4.69, 9.17) is 5.11 Å². The summed E-state index contributed by atoms with van der Waals surface area (Å²) in [6, 6.07) is 0. The summed E-state index contributed by atoms with van der Waals surface area (Å²) >= 11 is 1.52. The third-order valence-electron chi connectivity index (χ3n) is 1.70. The lowest BCUT2D eigenvalue weighted by Gasteiger charge is -1.92. The third-order valence-corrected chi connectivity index (χ3v) is 2.62. The van der Waals surface area contributed by atoms with Gasteiger partial charge in [-0.05, 0) is 0 Å². The fourth-order valence-corrected chi connectivity index (χ4v) is 1.88. The van der Waals surface area contributed by atoms with Crippen LogP contribution in [0.25, 0.3) is 10.7 Å². The predicted octanol–water partition coefficient (Wildman–Crippen LogP) is 1.13. The molecule has 0 saturated carbocycles. The van der Waals surface area contributed by atoms with Gasteiger partial charge in [-0.25, -0.2) is 4.98 Å². The van der Waals surface area contributed by atoms with Crippen LogP contribution >= 0.6 is 11.3 Å². The second kappa shape index (κ2) is 4.26. The molecule has 5 heteroatoms. The Balaban J connectivity index is 2.25. The van der Waals surface area contributed by atoms with Crippen LogP contribution < -0.4 is 0 Å². The molecule has 4 nitrogen and oxygen atoms in total. The number of rotatable bonds is 3. The van der Waals surface area contributed by atoms with Crippen molar-refractivity contribution in [2.45, 2.75) is 6.42 Å². The summed E-state index contributed by atoms with van der Waals surface area (Å²) in [7, 11) is 0. The molecule has 2 rings (SSSR count). The highest BCUT2D eigenvalue weighted by molar-refractivity contribution is 7.13. The second-order valence-electron chi connectivity index (χ2n) is 2.71. The van der Waals surface area contributed by atoms with E-state index in [0.717, 1.165) is 16.4 Å². The summed E-state index contributed by atoms with van der Waals surface area (Å²) in [6.45, 7) is 0.129. The molecule has 0 fully saturated rings. The summed E-state index contributed by atoms with van der Waals surface area (Å²) in [5.74, 6) is 0. The van der Waals surface area contributed by atoms with Crippen molar-refractivity contribution in [2.75, 3.05) is 6.61 Å². The van der Waals surface area contributed by atoms with E-state index in [2.05, 4.69) is 15.0 Å². The molecule has 0 saturated heterocycles. The van der Waals surface area contributed by atoms with Gasteiger partial charge in [0.2, 0.25) is 0 Å². The molecule has 0 aliphatic heterocycles. The van der Waals surface area contributed by atoms with Gasteiger partial charge in [0.15, 0.2) is 0 Å². The lowest BCUT2D eigenvalue weighted by molar-refractivity contribution is 0.298. The van der Waals surface area contributed by atoms with Crippen LogP contribution in [0.1, 0.15) is 5.69 Å². The van der Waals surface area contributed by atoms with Gasteiger partial charge in [-0.1, -0.05) is 0 Å². The first kappa shape index (κ1) is 9.23. The molecule has 0 aliphatic carbocycles. The lowest BCUT2D eigenvalue weighted by Crippen LogP contribution is -1.90. The molecule has 2 aromatic heterocycles. The van der Waals surface area contributed by atoms with Crippen molar-refractivity contribution in [1.82, 2.24) is 15.0 Å². The van der Waals surface area contributed by atoms with Gasteiger partial charge < -0.3 is 5.11 Å². The van der Waals surface area contributed by atoms with Gasteiger partial charge in [0.25, 0.3) is 0 Å². The fourth-order valence-electron chi connectivity index (χ4n) is 1.06. The topological polar surface area (TPSA) is 58.9 Å². The van der Waals surface area contributed by atoms with Gasteiger partial charge >= 0.3 is 0 Å². The van der Waals surface area contributed by atoms with Crippen LogP contribution in [0.4, 0.5) is 0 Å². The summed E-state index contributed by atoms with van der Waals surface area (Å²) in [5, 5.41) is 11.5. The van der Waals surface area contributed by atoms with Crippen molar-refractivity contribution < 1.29 is 5.11 Å². The van der Waals surface area contributed by atoms with Gasteiger partial charge in [-0.3, -0.25) is 9.97 Å². The summed E-state index contributed by atoms with van der Waals surface area (Å²) < 4.78 is 0. The molecule has 0 spiro atoms. The maximum atomic E-state index is 8.74. The van der Waals surface area contributed by atoms with Gasteiger partial charge in [-0.15, -0.1) is 11.3 Å². The minimum Gasteiger partial charge on any atom is -0.396 e. The first-order valence-electron chi connectivity index (χ1n) is 4.22. The molecule has 2 heterocycles. The van der Waals surface area contributed by atoms with Gasteiger partial charge in [0.1, 0.15) is 10.7 Å². The quantitative estimate of drug-likeness (QED) is 0.819. The Hall–Kier alpha value is -1.33. The number of nitrogens with zero attached hydrogens (tertiary/aromatic N) is 3. The van der Waals surface area contributed by atoms with Gasteiger partial charge in [0, 0.05) is 30.8 Å². The highest BCUT2D eigenvalue weighted by Crippen LogP contribution is 2.20. The second-order valence-corrected chi connectivity index (χ2v) is 3.57. The molecule has 0 amide bonds. The van der Waals surface area contributed by atoms with Gasteiger partial charge in [-0.2, -0.15) is 0 Å². The highest BCUT2D eigenvalue weighted by Gasteiger charge is 2.04. The molecule has 0 bridgehead atoms. The first-order chi connectivity index (χ1) is 6.90. The largest absolute Gasteiger partial charge is 0.396 e. The molecule has 72 valence electrons. The first-order valence-corrected chi connectivity index (χ1v) is 5.10. The van der Waals surface area contributed by atoms with Crippen molar-refractivity contribution in [3.05, 3.63) is 29.7 Å². The van der Waals surface area contributed by atoms with Crippen LogP contribution in [-0.2, 0) is 6.42 Å². The maximum Gasteiger partial charge on any atom is 0.143 e. The number of aliphatic hydroxyl groups excluding tert-OH is 1. The Labute approximate surface area is 85.3 Å². The molecule has 0 radical (unpaired) electrons. The molecule has 0 aromatic carbocycles. The van der Waals surface area contributed by atoms with E-state index in [-0.39, 0.29) is 6.61 Å². The maximum absolute atomic E-state index is 8.74. The Morgan fingerprint density at radius 2 is 2.29 bits per heavy atom. The summed E-state index contributed by atoms with van der Waals surface area (Å²) in [4.78, 5) is 12.4. The van der Waals surface area contributed by atoms with Crippen molar-refractivity contribution in [1.29, 1.82) is 0 Å². The Bertz CT molecular complexity index is 401. The van der Waals surface area contributed by atoms with E-state index >= 15 is 0 Å². The average molecular weight is 207 g/mol. The van der Waals surface area contributed by atoms with Crippen LogP contribution in [0, 0.1) is 0 Å². The number of aliphatic hydroxyl groups is 1. The molecular formula is C9H9N3OS. The van der Waals surface area contributed by atoms with Crippen LogP contribution in [-0.4, -0.2) is 26.7 Å². The molecule has 14 heavy (non-hydrogen) atoms. The zero-order valence-corrected chi connectivity index (χ0v) is 8.24. The molecule has 2 aromatic rings. The standard InChI is InChI=1S/C9H9N3OS/c13-4-1-7-6-14-9(12-7)8-5-10-2-3-11-8/h2-3,5-6,13H,1,4H2. The van der Waals surface area contributed by atoms with Crippen molar-refractivity contribution >= 4 is 11.3 Å². The van der Waals surface area contributed by atoms with Crippen molar-refractivity contribution in [3.8, 4) is 10.7 Å². The van der Waals surface area contributed by atoms with E-state index in [0.29, 0.717) is 6.42 Å². The van der Waals surface area contributed by atoms with Crippen molar-refractivity contribution in [3.63, 3.8) is 0 Å².